The van der Waals surface area contributed by atoms with Gasteiger partial charge in [0, 0.05) is 18.5 Å². The van der Waals surface area contributed by atoms with Gasteiger partial charge in [-0.15, -0.1) is 0 Å². The topological polar surface area (TPSA) is 177 Å². The molecule has 4 amide bonds. The van der Waals surface area contributed by atoms with Crippen LogP contribution < -0.4 is 16.4 Å². The van der Waals surface area contributed by atoms with Crippen LogP contribution in [0.3, 0.4) is 0 Å². The van der Waals surface area contributed by atoms with Crippen LogP contribution in [-0.4, -0.2) is 70.1 Å². The molecule has 0 aromatic heterocycles. The molecule has 1 aromatic rings. The molecule has 0 saturated carbocycles. The first kappa shape index (κ1) is 33.2. The van der Waals surface area contributed by atoms with E-state index in [0.29, 0.717) is 0 Å². The molecule has 39 heavy (non-hydrogen) atoms. The molecule has 2 unspecified atom stereocenters. The van der Waals surface area contributed by atoms with Gasteiger partial charge in [-0.1, -0.05) is 12.1 Å². The molecule has 0 radical (unpaired) electrons. The predicted octanol–water partition coefficient (Wildman–Crippen LogP) is 2.29. The Morgan fingerprint density at radius 2 is 1.69 bits per heavy atom. The van der Waals surface area contributed by atoms with Crippen LogP contribution in [0.4, 0.5) is 4.79 Å². The van der Waals surface area contributed by atoms with Crippen molar-refractivity contribution >= 4 is 29.8 Å². The van der Waals surface area contributed by atoms with E-state index in [1.165, 1.54) is 23.1 Å². The lowest BCUT2D eigenvalue weighted by molar-refractivity contribution is -0.149. The third-order valence-electron chi connectivity index (χ3n) is 5.25. The van der Waals surface area contributed by atoms with E-state index in [9.17, 15) is 29.1 Å². The van der Waals surface area contributed by atoms with Crippen molar-refractivity contribution in [3.8, 4) is 5.75 Å². The number of aromatic hydroxyl groups is 1. The van der Waals surface area contributed by atoms with E-state index in [0.717, 1.165) is 0 Å². The summed E-state index contributed by atoms with van der Waals surface area (Å²) < 4.78 is 10.2. The fraction of sp³-hybridized carbons (Fsp3) is 0.593. The summed E-state index contributed by atoms with van der Waals surface area (Å²) in [4.78, 5) is 64.8. The van der Waals surface area contributed by atoms with Gasteiger partial charge >= 0.3 is 12.1 Å². The summed E-state index contributed by atoms with van der Waals surface area (Å²) in [5.41, 5.74) is 3.76. The van der Waals surface area contributed by atoms with E-state index in [1.807, 2.05) is 0 Å². The van der Waals surface area contributed by atoms with Crippen molar-refractivity contribution in [3.05, 3.63) is 29.8 Å². The minimum Gasteiger partial charge on any atom is -0.508 e. The number of hydrogen-bond donors (Lipinski definition) is 4. The standard InChI is InChI=1S/C27H42N4O8/c1-8-38-21(34)14-15-29-23(35)22(17-10-9-11-18(32)16-17)31(26(2,3)4)24(36)19(12-13-20(28)33)30-25(37)39-27(5,6)7/h9-11,16,19,22,32H,8,12-15H2,1-7H3,(H2,28,33)(H,29,35)(H,30,37). The third-order valence-corrected chi connectivity index (χ3v) is 5.25. The summed E-state index contributed by atoms with van der Waals surface area (Å²) >= 11 is 0. The Kier molecular flexibility index (Phi) is 12.2. The van der Waals surface area contributed by atoms with Crippen molar-refractivity contribution in [2.24, 2.45) is 5.73 Å². The number of ether oxygens (including phenoxy) is 2. The molecule has 12 nitrogen and oxygen atoms in total. The number of nitrogens with two attached hydrogens (primary N) is 1. The van der Waals surface area contributed by atoms with Gasteiger partial charge in [-0.2, -0.15) is 0 Å². The molecule has 1 rings (SSSR count). The van der Waals surface area contributed by atoms with Crippen molar-refractivity contribution in [2.75, 3.05) is 13.2 Å². The molecular formula is C27H42N4O8. The van der Waals surface area contributed by atoms with Gasteiger partial charge in [-0.25, -0.2) is 4.79 Å². The SMILES string of the molecule is CCOC(=O)CCNC(=O)C(c1cccc(O)c1)N(C(=O)C(CCC(N)=O)NC(=O)OC(C)(C)C)C(C)(C)C. The maximum atomic E-state index is 14.1. The number of primary amides is 1. The minimum absolute atomic E-state index is 0.0551. The number of amides is 4. The fourth-order valence-electron chi connectivity index (χ4n) is 3.74. The summed E-state index contributed by atoms with van der Waals surface area (Å²) in [5.74, 6) is -2.61. The number of carbonyl (C=O) groups is 5. The monoisotopic (exact) mass is 550 g/mol. The molecule has 12 heteroatoms. The highest BCUT2D eigenvalue weighted by atomic mass is 16.6. The number of nitrogens with zero attached hydrogens (tertiary/aromatic N) is 1. The molecule has 0 saturated heterocycles. The van der Waals surface area contributed by atoms with E-state index >= 15 is 0 Å². The first-order chi connectivity index (χ1) is 18.0. The zero-order valence-corrected chi connectivity index (χ0v) is 23.8. The van der Waals surface area contributed by atoms with Gasteiger partial charge in [0.05, 0.1) is 13.0 Å². The highest BCUT2D eigenvalue weighted by Gasteiger charge is 2.42. The number of rotatable bonds is 12. The van der Waals surface area contributed by atoms with E-state index < -0.39 is 53.0 Å². The Balaban J connectivity index is 3.49. The van der Waals surface area contributed by atoms with Gasteiger partial charge in [0.1, 0.15) is 23.4 Å². The van der Waals surface area contributed by atoms with E-state index in [2.05, 4.69) is 10.6 Å². The first-order valence-corrected chi connectivity index (χ1v) is 12.8. The molecule has 0 heterocycles. The lowest BCUT2D eigenvalue weighted by atomic mass is 9.94. The van der Waals surface area contributed by atoms with Crippen LogP contribution >= 0.6 is 0 Å². The average Bonchev–Trinajstić information content (AvgIpc) is 2.77. The van der Waals surface area contributed by atoms with Crippen LogP contribution in [0.2, 0.25) is 0 Å². The second kappa shape index (κ2) is 14.4. The highest BCUT2D eigenvalue weighted by Crippen LogP contribution is 2.32. The Bertz CT molecular complexity index is 1030. The molecule has 0 aliphatic carbocycles. The number of carbonyl (C=O) groups excluding carboxylic acids is 5. The Morgan fingerprint density at radius 3 is 2.21 bits per heavy atom. The summed E-state index contributed by atoms with van der Waals surface area (Å²) in [6.07, 6.45) is -1.33. The van der Waals surface area contributed by atoms with Crippen molar-refractivity contribution < 1.29 is 38.6 Å². The Hall–Kier alpha value is -3.83. The van der Waals surface area contributed by atoms with Crippen LogP contribution in [0.15, 0.2) is 24.3 Å². The molecule has 218 valence electrons. The zero-order chi connectivity index (χ0) is 30.0. The quantitative estimate of drug-likeness (QED) is 0.286. The molecule has 0 bridgehead atoms. The maximum absolute atomic E-state index is 14.1. The molecular weight excluding hydrogens is 508 g/mol. The van der Waals surface area contributed by atoms with Crippen molar-refractivity contribution in [1.29, 1.82) is 0 Å². The largest absolute Gasteiger partial charge is 0.508 e. The number of hydrogen-bond acceptors (Lipinski definition) is 8. The van der Waals surface area contributed by atoms with Crippen molar-refractivity contribution in [2.45, 2.75) is 91.0 Å². The Morgan fingerprint density at radius 1 is 1.05 bits per heavy atom. The number of esters is 1. The molecule has 1 aromatic carbocycles. The van der Waals surface area contributed by atoms with Crippen LogP contribution in [-0.2, 0) is 28.7 Å². The normalized spacial score (nSPS) is 13.0. The van der Waals surface area contributed by atoms with E-state index in [1.54, 1.807) is 54.5 Å². The predicted molar refractivity (Wildman–Crippen MR) is 143 cm³/mol. The summed E-state index contributed by atoms with van der Waals surface area (Å²) in [6, 6.07) is 3.32. The lowest BCUT2D eigenvalue weighted by Crippen LogP contribution is -2.58. The third kappa shape index (κ3) is 11.6. The van der Waals surface area contributed by atoms with Gasteiger partial charge in [-0.3, -0.25) is 19.2 Å². The first-order valence-electron chi connectivity index (χ1n) is 12.8. The molecule has 0 fully saturated rings. The second-order valence-electron chi connectivity index (χ2n) is 10.9. The summed E-state index contributed by atoms with van der Waals surface area (Å²) in [5, 5.41) is 15.3. The van der Waals surface area contributed by atoms with Gasteiger partial charge in [0.15, 0.2) is 0 Å². The molecule has 0 aliphatic rings. The summed E-state index contributed by atoms with van der Waals surface area (Å²) in [7, 11) is 0. The number of alkyl carbamates (subject to hydrolysis) is 1. The Labute approximate surface area is 229 Å². The molecule has 0 aliphatic heterocycles. The number of nitrogens with one attached hydrogen (secondary N) is 2. The van der Waals surface area contributed by atoms with Crippen molar-refractivity contribution in [1.82, 2.24) is 15.5 Å². The fourth-order valence-corrected chi connectivity index (χ4v) is 3.74. The lowest BCUT2D eigenvalue weighted by Gasteiger charge is -2.43. The molecule has 0 spiro atoms. The van der Waals surface area contributed by atoms with Crippen LogP contribution in [0.25, 0.3) is 0 Å². The average molecular weight is 551 g/mol. The minimum atomic E-state index is -1.27. The summed E-state index contributed by atoms with van der Waals surface area (Å²) in [6.45, 7) is 11.9. The van der Waals surface area contributed by atoms with Crippen LogP contribution in [0.1, 0.15) is 79.3 Å². The van der Waals surface area contributed by atoms with Crippen molar-refractivity contribution in [3.63, 3.8) is 0 Å². The maximum Gasteiger partial charge on any atom is 0.408 e. The highest BCUT2D eigenvalue weighted by molar-refractivity contribution is 5.93. The van der Waals surface area contributed by atoms with Gasteiger partial charge in [0.2, 0.25) is 17.7 Å². The van der Waals surface area contributed by atoms with E-state index in [4.69, 9.17) is 15.2 Å². The van der Waals surface area contributed by atoms with Gasteiger partial charge < -0.3 is 35.8 Å². The number of phenols is 1. The zero-order valence-electron chi connectivity index (χ0n) is 23.8. The van der Waals surface area contributed by atoms with E-state index in [-0.39, 0.29) is 43.7 Å². The van der Waals surface area contributed by atoms with Crippen LogP contribution in [0.5, 0.6) is 5.75 Å². The van der Waals surface area contributed by atoms with Gasteiger partial charge in [0.25, 0.3) is 0 Å². The molecule has 2 atom stereocenters. The second-order valence-corrected chi connectivity index (χ2v) is 10.9. The molecule has 5 N–H and O–H groups in total. The van der Waals surface area contributed by atoms with Gasteiger partial charge in [-0.05, 0) is 72.6 Å². The number of benzene rings is 1. The number of phenolic OH excluding ortho intramolecular Hbond substituents is 1. The van der Waals surface area contributed by atoms with Crippen LogP contribution in [0, 0.1) is 0 Å². The smallest absolute Gasteiger partial charge is 0.408 e.